The summed E-state index contributed by atoms with van der Waals surface area (Å²) in [4.78, 5) is 11.6. The van der Waals surface area contributed by atoms with E-state index in [-0.39, 0.29) is 0 Å². The highest BCUT2D eigenvalue weighted by molar-refractivity contribution is 5.85. The van der Waals surface area contributed by atoms with Crippen LogP contribution in [0.2, 0.25) is 0 Å². The Labute approximate surface area is 101 Å². The third-order valence-corrected chi connectivity index (χ3v) is 2.62. The van der Waals surface area contributed by atoms with Crippen molar-refractivity contribution in [2.75, 3.05) is 5.32 Å². The number of aromatic nitrogens is 2. The molecule has 2 heterocycles. The molecule has 0 bridgehead atoms. The maximum Gasteiger partial charge on any atom is 0.412 e. The molecule has 0 fully saturated rings. The van der Waals surface area contributed by atoms with Crippen LogP contribution in [-0.4, -0.2) is 21.5 Å². The minimum Gasteiger partial charge on any atom is -0.444 e. The van der Waals surface area contributed by atoms with Crippen molar-refractivity contribution in [3.05, 3.63) is 11.9 Å². The zero-order chi connectivity index (χ0) is 12.5. The van der Waals surface area contributed by atoms with Crippen LogP contribution >= 0.6 is 0 Å². The minimum absolute atomic E-state index is 0.418. The molecule has 1 amide bonds. The average Bonchev–Trinajstić information content (AvgIpc) is 2.59. The summed E-state index contributed by atoms with van der Waals surface area (Å²) >= 11 is 0. The molecule has 5 heteroatoms. The minimum atomic E-state index is -0.475. The van der Waals surface area contributed by atoms with Gasteiger partial charge in [0.25, 0.3) is 0 Å². The predicted molar refractivity (Wildman–Crippen MR) is 65.0 cm³/mol. The standard InChI is InChI=1S/C12H19N3O2/c1-12(2,3)17-11(16)14-9-8-13-15-7-5-4-6-10(9)15/h8H,4-7H2,1-3H3,(H,14,16). The number of ether oxygens (including phenoxy) is 1. The van der Waals surface area contributed by atoms with Crippen molar-refractivity contribution < 1.29 is 9.53 Å². The van der Waals surface area contributed by atoms with Gasteiger partial charge in [0.15, 0.2) is 0 Å². The molecule has 0 saturated carbocycles. The molecule has 1 N–H and O–H groups in total. The fourth-order valence-corrected chi connectivity index (χ4v) is 1.94. The first-order chi connectivity index (χ1) is 7.96. The summed E-state index contributed by atoms with van der Waals surface area (Å²) in [5, 5.41) is 7.01. The smallest absolute Gasteiger partial charge is 0.412 e. The number of nitrogens with zero attached hydrogens (tertiary/aromatic N) is 2. The molecule has 0 aliphatic carbocycles. The monoisotopic (exact) mass is 237 g/mol. The molecule has 1 aromatic rings. The van der Waals surface area contributed by atoms with Crippen molar-refractivity contribution in [1.29, 1.82) is 0 Å². The summed E-state index contributed by atoms with van der Waals surface area (Å²) in [5.41, 5.74) is 1.40. The third-order valence-electron chi connectivity index (χ3n) is 2.62. The van der Waals surface area contributed by atoms with Crippen LogP contribution in [-0.2, 0) is 17.7 Å². The van der Waals surface area contributed by atoms with Crippen LogP contribution in [0, 0.1) is 0 Å². The molecular weight excluding hydrogens is 218 g/mol. The molecule has 0 saturated heterocycles. The van der Waals surface area contributed by atoms with Crippen LogP contribution in [0.15, 0.2) is 6.20 Å². The Morgan fingerprint density at radius 3 is 2.94 bits per heavy atom. The number of fused-ring (bicyclic) bond motifs is 1. The lowest BCUT2D eigenvalue weighted by Crippen LogP contribution is -2.27. The Bertz CT molecular complexity index is 418. The normalized spacial score (nSPS) is 15.2. The van der Waals surface area contributed by atoms with Gasteiger partial charge in [-0.1, -0.05) is 0 Å². The first-order valence-electron chi connectivity index (χ1n) is 6.00. The molecule has 0 aromatic carbocycles. The number of carbonyl (C=O) groups excluding carboxylic acids is 1. The van der Waals surface area contributed by atoms with Crippen LogP contribution in [0.25, 0.3) is 0 Å². The van der Waals surface area contributed by atoms with Gasteiger partial charge in [-0.3, -0.25) is 10.00 Å². The van der Waals surface area contributed by atoms with Crippen molar-refractivity contribution in [2.45, 2.75) is 52.2 Å². The van der Waals surface area contributed by atoms with Gasteiger partial charge in [-0.25, -0.2) is 4.79 Å². The van der Waals surface area contributed by atoms with Gasteiger partial charge in [0.05, 0.1) is 17.6 Å². The molecule has 1 aliphatic rings. The quantitative estimate of drug-likeness (QED) is 0.816. The Morgan fingerprint density at radius 2 is 2.24 bits per heavy atom. The first kappa shape index (κ1) is 12.0. The molecule has 0 spiro atoms. The highest BCUT2D eigenvalue weighted by Crippen LogP contribution is 2.22. The number of amides is 1. The van der Waals surface area contributed by atoms with E-state index >= 15 is 0 Å². The predicted octanol–water partition coefficient (Wildman–Crippen LogP) is 2.57. The van der Waals surface area contributed by atoms with E-state index in [1.165, 1.54) is 0 Å². The van der Waals surface area contributed by atoms with E-state index in [0.717, 1.165) is 37.2 Å². The summed E-state index contributed by atoms with van der Waals surface area (Å²) in [6.45, 7) is 6.48. The summed E-state index contributed by atoms with van der Waals surface area (Å²) in [6.07, 6.45) is 4.55. The van der Waals surface area contributed by atoms with Crippen LogP contribution in [0.3, 0.4) is 0 Å². The molecule has 0 atom stereocenters. The molecule has 17 heavy (non-hydrogen) atoms. The number of hydrogen-bond donors (Lipinski definition) is 1. The van der Waals surface area contributed by atoms with Crippen LogP contribution in [0.4, 0.5) is 10.5 Å². The Kier molecular flexibility index (Phi) is 3.09. The maximum absolute atomic E-state index is 11.6. The van der Waals surface area contributed by atoms with E-state index < -0.39 is 11.7 Å². The first-order valence-corrected chi connectivity index (χ1v) is 6.00. The number of hydrogen-bond acceptors (Lipinski definition) is 3. The van der Waals surface area contributed by atoms with E-state index in [2.05, 4.69) is 10.4 Å². The highest BCUT2D eigenvalue weighted by atomic mass is 16.6. The Morgan fingerprint density at radius 1 is 1.47 bits per heavy atom. The molecule has 1 aliphatic heterocycles. The average molecular weight is 237 g/mol. The van der Waals surface area contributed by atoms with Crippen LogP contribution in [0.1, 0.15) is 39.3 Å². The van der Waals surface area contributed by atoms with Gasteiger partial charge in [-0.15, -0.1) is 0 Å². The van der Waals surface area contributed by atoms with Gasteiger partial charge in [-0.05, 0) is 40.0 Å². The van der Waals surface area contributed by atoms with Gasteiger partial charge in [0, 0.05) is 6.54 Å². The van der Waals surface area contributed by atoms with Crippen molar-refractivity contribution in [1.82, 2.24) is 9.78 Å². The second-order valence-corrected chi connectivity index (χ2v) is 5.31. The van der Waals surface area contributed by atoms with Crippen LogP contribution in [0.5, 0.6) is 0 Å². The zero-order valence-electron chi connectivity index (χ0n) is 10.6. The summed E-state index contributed by atoms with van der Waals surface area (Å²) in [5.74, 6) is 0. The molecule has 0 unspecified atom stereocenters. The van der Waals surface area contributed by atoms with E-state index in [1.807, 2.05) is 25.5 Å². The number of anilines is 1. The zero-order valence-corrected chi connectivity index (χ0v) is 10.6. The molecule has 94 valence electrons. The molecule has 0 radical (unpaired) electrons. The van der Waals surface area contributed by atoms with E-state index in [9.17, 15) is 4.79 Å². The fourth-order valence-electron chi connectivity index (χ4n) is 1.94. The van der Waals surface area contributed by atoms with E-state index in [0.29, 0.717) is 0 Å². The van der Waals surface area contributed by atoms with Gasteiger partial charge in [-0.2, -0.15) is 5.10 Å². The second-order valence-electron chi connectivity index (χ2n) is 5.31. The number of carbonyl (C=O) groups is 1. The third kappa shape index (κ3) is 2.99. The van der Waals surface area contributed by atoms with Crippen molar-refractivity contribution >= 4 is 11.8 Å². The number of rotatable bonds is 1. The fraction of sp³-hybridized carbons (Fsp3) is 0.667. The molecule has 5 nitrogen and oxygen atoms in total. The van der Waals surface area contributed by atoms with Gasteiger partial charge in [0.2, 0.25) is 0 Å². The summed E-state index contributed by atoms with van der Waals surface area (Å²) in [7, 11) is 0. The van der Waals surface area contributed by atoms with Crippen molar-refractivity contribution in [2.24, 2.45) is 0 Å². The highest BCUT2D eigenvalue weighted by Gasteiger charge is 2.20. The summed E-state index contributed by atoms with van der Waals surface area (Å²) in [6, 6.07) is 0. The maximum atomic E-state index is 11.6. The van der Waals surface area contributed by atoms with Crippen molar-refractivity contribution in [3.63, 3.8) is 0 Å². The second kappa shape index (κ2) is 4.39. The number of aryl methyl sites for hydroxylation is 1. The van der Waals surface area contributed by atoms with E-state index in [1.54, 1.807) is 6.20 Å². The van der Waals surface area contributed by atoms with Gasteiger partial charge < -0.3 is 4.74 Å². The topological polar surface area (TPSA) is 56.1 Å². The number of nitrogens with one attached hydrogen (secondary N) is 1. The van der Waals surface area contributed by atoms with E-state index in [4.69, 9.17) is 4.74 Å². The van der Waals surface area contributed by atoms with Gasteiger partial charge in [0.1, 0.15) is 5.60 Å². The van der Waals surface area contributed by atoms with Crippen molar-refractivity contribution in [3.8, 4) is 0 Å². The lowest BCUT2D eigenvalue weighted by molar-refractivity contribution is 0.0635. The Hall–Kier alpha value is -1.52. The molecule has 2 rings (SSSR count). The largest absolute Gasteiger partial charge is 0.444 e. The lowest BCUT2D eigenvalue weighted by atomic mass is 10.1. The molecular formula is C12H19N3O2. The van der Waals surface area contributed by atoms with Crippen LogP contribution < -0.4 is 5.32 Å². The summed E-state index contributed by atoms with van der Waals surface area (Å²) < 4.78 is 7.17. The SMILES string of the molecule is CC(C)(C)OC(=O)Nc1cnn2c1CCCC2. The molecule has 1 aromatic heterocycles. The lowest BCUT2D eigenvalue weighted by Gasteiger charge is -2.20. The van der Waals surface area contributed by atoms with Gasteiger partial charge >= 0.3 is 6.09 Å². The Balaban J connectivity index is 2.04.